The Kier molecular flexibility index (Phi) is 9.17. The molecule has 0 fully saturated rings. The van der Waals surface area contributed by atoms with Crippen LogP contribution in [-0.4, -0.2) is 45.6 Å². The van der Waals surface area contributed by atoms with Crippen LogP contribution in [0.25, 0.3) is 11.1 Å². The monoisotopic (exact) mass is 710 g/mol. The van der Waals surface area contributed by atoms with Gasteiger partial charge in [-0.25, -0.2) is 8.42 Å². The smallest absolute Gasteiger partial charge is 0.438 e. The van der Waals surface area contributed by atoms with Crippen molar-refractivity contribution >= 4 is 20.0 Å². The number of rotatable bonds is 11. The maximum atomic E-state index is 14.9. The second kappa shape index (κ2) is 12.1. The topological polar surface area (TPSA) is 107 Å². The third kappa shape index (κ3) is 6.26. The molecular formula is C30H22F8O7S2. The molecule has 47 heavy (non-hydrogen) atoms. The van der Waals surface area contributed by atoms with Crippen LogP contribution < -0.4 is 9.47 Å². The fourth-order valence-corrected chi connectivity index (χ4v) is 6.01. The summed E-state index contributed by atoms with van der Waals surface area (Å²) >= 11 is 0. The second-order valence-electron chi connectivity index (χ2n) is 10.0. The summed E-state index contributed by atoms with van der Waals surface area (Å²) in [5.74, 6) is -19.6. The molecule has 0 aliphatic carbocycles. The van der Waals surface area contributed by atoms with Crippen molar-refractivity contribution in [3.05, 3.63) is 102 Å². The average Bonchev–Trinajstić information content (AvgIpc) is 3.01. The molecule has 0 saturated heterocycles. The molecule has 0 aliphatic heterocycles. The van der Waals surface area contributed by atoms with Crippen LogP contribution in [0.1, 0.15) is 11.1 Å². The van der Waals surface area contributed by atoms with E-state index in [0.29, 0.717) is 30.6 Å². The van der Waals surface area contributed by atoms with Crippen LogP contribution in [0.5, 0.6) is 17.2 Å². The van der Waals surface area contributed by atoms with Gasteiger partial charge in [-0.2, -0.15) is 43.5 Å². The number of hydrogen-bond acceptors (Lipinski definition) is 6. The van der Waals surface area contributed by atoms with Crippen molar-refractivity contribution in [1.29, 1.82) is 0 Å². The van der Waals surface area contributed by atoms with Crippen molar-refractivity contribution in [2.75, 3.05) is 7.11 Å². The van der Waals surface area contributed by atoms with Gasteiger partial charge in [0.05, 0.1) is 16.9 Å². The van der Waals surface area contributed by atoms with Gasteiger partial charge in [0, 0.05) is 5.56 Å². The van der Waals surface area contributed by atoms with Crippen molar-refractivity contribution in [3.63, 3.8) is 0 Å². The van der Waals surface area contributed by atoms with Crippen LogP contribution in [-0.2, 0) is 25.9 Å². The molecule has 17 heteroatoms. The summed E-state index contributed by atoms with van der Waals surface area (Å²) in [7, 11) is -10.6. The summed E-state index contributed by atoms with van der Waals surface area (Å²) in [5, 5.41) is -7.05. The number of ether oxygens (including phenoxy) is 2. The lowest BCUT2D eigenvalue weighted by Crippen LogP contribution is -2.63. The third-order valence-electron chi connectivity index (χ3n) is 6.98. The quantitative estimate of drug-likeness (QED) is 0.124. The highest BCUT2D eigenvalue weighted by Gasteiger charge is 2.84. The normalized spacial score (nSPS) is 13.3. The van der Waals surface area contributed by atoms with Gasteiger partial charge in [0.25, 0.3) is 0 Å². The summed E-state index contributed by atoms with van der Waals surface area (Å²) < 4.78 is 181. The summed E-state index contributed by atoms with van der Waals surface area (Å²) in [4.78, 5) is -1.69. The van der Waals surface area contributed by atoms with Crippen LogP contribution in [0, 0.1) is 6.92 Å². The number of halogens is 8. The fourth-order valence-electron chi connectivity index (χ4n) is 4.28. The first kappa shape index (κ1) is 35.6. The molecule has 0 atom stereocenters. The lowest BCUT2D eigenvalue weighted by atomic mass is 9.94. The van der Waals surface area contributed by atoms with Crippen LogP contribution in [0.4, 0.5) is 35.1 Å². The Bertz CT molecular complexity index is 1980. The Morgan fingerprint density at radius 3 is 1.47 bits per heavy atom. The maximum absolute atomic E-state index is 14.9. The van der Waals surface area contributed by atoms with E-state index in [1.54, 1.807) is 36.4 Å². The van der Waals surface area contributed by atoms with Gasteiger partial charge in [-0.15, -0.1) is 0 Å². The molecule has 4 rings (SSSR count). The van der Waals surface area contributed by atoms with E-state index in [-0.39, 0.29) is 11.8 Å². The molecule has 0 amide bonds. The Morgan fingerprint density at radius 1 is 0.596 bits per heavy atom. The first-order valence-electron chi connectivity index (χ1n) is 12.9. The molecule has 0 saturated carbocycles. The van der Waals surface area contributed by atoms with E-state index < -0.39 is 63.9 Å². The molecule has 0 radical (unpaired) electrons. The molecule has 0 unspecified atom stereocenters. The van der Waals surface area contributed by atoms with Crippen LogP contribution in [0.3, 0.4) is 0 Å². The van der Waals surface area contributed by atoms with Gasteiger partial charge in [0.1, 0.15) is 17.2 Å². The van der Waals surface area contributed by atoms with Gasteiger partial charge >= 0.3 is 33.1 Å². The molecule has 4 aromatic carbocycles. The largest absolute Gasteiger partial charge is 0.497 e. The molecule has 0 aliphatic rings. The van der Waals surface area contributed by atoms with Gasteiger partial charge in [-0.3, -0.25) is 4.55 Å². The van der Waals surface area contributed by atoms with Crippen LogP contribution >= 0.6 is 0 Å². The summed E-state index contributed by atoms with van der Waals surface area (Å²) in [6.45, 7) is 0.671. The Balaban J connectivity index is 1.60. The van der Waals surface area contributed by atoms with Crippen molar-refractivity contribution in [2.24, 2.45) is 0 Å². The fraction of sp³-hybridized carbons (Fsp3) is 0.200. The molecule has 252 valence electrons. The Hall–Kier alpha value is -4.22. The lowest BCUT2D eigenvalue weighted by molar-refractivity contribution is -0.353. The number of benzene rings is 4. The van der Waals surface area contributed by atoms with Crippen molar-refractivity contribution < 1.29 is 66.0 Å². The first-order chi connectivity index (χ1) is 21.6. The minimum absolute atomic E-state index is 0.116. The number of alkyl halides is 8. The van der Waals surface area contributed by atoms with E-state index in [1.807, 2.05) is 12.1 Å². The van der Waals surface area contributed by atoms with Gasteiger partial charge in [-0.1, -0.05) is 30.3 Å². The van der Waals surface area contributed by atoms with Gasteiger partial charge in [0.2, 0.25) is 9.84 Å². The third-order valence-corrected chi connectivity index (χ3v) is 9.65. The van der Waals surface area contributed by atoms with Crippen LogP contribution in [0.15, 0.2) is 101 Å². The number of methoxy groups -OCH3 is 1. The Labute approximate surface area is 263 Å². The van der Waals surface area contributed by atoms with E-state index >= 15 is 0 Å². The highest BCUT2D eigenvalue weighted by atomic mass is 32.2. The molecule has 7 nitrogen and oxygen atoms in total. The van der Waals surface area contributed by atoms with Crippen molar-refractivity contribution in [3.8, 4) is 28.4 Å². The van der Waals surface area contributed by atoms with Gasteiger partial charge in [0.15, 0.2) is 0 Å². The summed E-state index contributed by atoms with van der Waals surface area (Å²) in [5.41, 5.74) is -1.32. The maximum Gasteiger partial charge on any atom is 0.438 e. The minimum Gasteiger partial charge on any atom is -0.497 e. The molecule has 1 N–H and O–H groups in total. The van der Waals surface area contributed by atoms with E-state index in [0.717, 1.165) is 23.3 Å². The second-order valence-corrected chi connectivity index (χ2v) is 13.4. The number of aryl methyl sites for hydroxylation is 1. The minimum atomic E-state index is -7.36. The molecule has 0 aromatic heterocycles. The number of hydrogen-bond donors (Lipinski definition) is 1. The summed E-state index contributed by atoms with van der Waals surface area (Å²) in [6, 6.07) is 19.4. The zero-order valence-corrected chi connectivity index (χ0v) is 25.5. The zero-order chi connectivity index (χ0) is 35.2. The van der Waals surface area contributed by atoms with Gasteiger partial charge < -0.3 is 9.47 Å². The molecule has 4 aromatic rings. The van der Waals surface area contributed by atoms with Crippen molar-refractivity contribution in [2.45, 2.75) is 39.7 Å². The van der Waals surface area contributed by atoms with Gasteiger partial charge in [-0.05, 0) is 84.3 Å². The molecule has 0 heterocycles. The molecule has 0 spiro atoms. The predicted molar refractivity (Wildman–Crippen MR) is 152 cm³/mol. The first-order valence-corrected chi connectivity index (χ1v) is 15.9. The number of sulfone groups is 1. The van der Waals surface area contributed by atoms with E-state index in [4.69, 9.17) is 14.0 Å². The Morgan fingerprint density at radius 2 is 1.02 bits per heavy atom. The lowest BCUT2D eigenvalue weighted by Gasteiger charge is -2.36. The van der Waals surface area contributed by atoms with Crippen molar-refractivity contribution in [1.82, 2.24) is 0 Å². The van der Waals surface area contributed by atoms with E-state index in [2.05, 4.69) is 0 Å². The standard InChI is InChI=1S/C30H22F8O7S2/c1-18-3-14-25(17-26(18)27(31,32)28(33,34)29(35,36)30(37,38)47(41,42)43)46(39,40)24-15-12-23(13-16-24)45-22-10-6-20(7-11-22)19-4-8-21(44-2)9-5-19/h3-17H,1-2H3,(H,41,42,43). The highest BCUT2D eigenvalue weighted by Crippen LogP contribution is 2.58. The summed E-state index contributed by atoms with van der Waals surface area (Å²) in [6.07, 6.45) is 0. The molecular weight excluding hydrogens is 688 g/mol. The SMILES string of the molecule is COc1ccc(-c2ccc(Oc3ccc(S(=O)(=O)c4ccc(C)c(C(F)(F)C(F)(F)C(F)(F)C(F)(F)S(=O)(=O)O)c4)cc3)cc2)cc1. The zero-order valence-electron chi connectivity index (χ0n) is 23.9. The average molecular weight is 711 g/mol. The van der Waals surface area contributed by atoms with Crippen LogP contribution in [0.2, 0.25) is 0 Å². The highest BCUT2D eigenvalue weighted by molar-refractivity contribution is 7.91. The molecule has 0 bridgehead atoms. The predicted octanol–water partition coefficient (Wildman–Crippen LogP) is 8.14. The van der Waals surface area contributed by atoms with E-state index in [9.17, 15) is 52.0 Å². The van der Waals surface area contributed by atoms with E-state index in [1.165, 1.54) is 19.2 Å².